The number of hydrogen-bond acceptors (Lipinski definition) is 5. The Morgan fingerprint density at radius 2 is 2.00 bits per heavy atom. The van der Waals surface area contributed by atoms with E-state index < -0.39 is 0 Å². The van der Waals surface area contributed by atoms with E-state index in [1.54, 1.807) is 34.9 Å². The first-order chi connectivity index (χ1) is 13.4. The second-order valence-corrected chi connectivity index (χ2v) is 9.29. The Balaban J connectivity index is 2.00. The van der Waals surface area contributed by atoms with E-state index in [1.807, 2.05) is 31.2 Å². The van der Waals surface area contributed by atoms with Crippen molar-refractivity contribution in [3.63, 3.8) is 0 Å². The molecule has 1 aromatic carbocycles. The lowest BCUT2D eigenvalue weighted by atomic mass is 10.1. The van der Waals surface area contributed by atoms with Gasteiger partial charge in [-0.05, 0) is 31.4 Å². The molecule has 0 N–H and O–H groups in total. The average Bonchev–Trinajstić information content (AvgIpc) is 3.11. The molecule has 0 saturated carbocycles. The highest BCUT2D eigenvalue weighted by Gasteiger charge is 2.21. The highest BCUT2D eigenvalue weighted by atomic mass is 32.2. The molecule has 148 valence electrons. The van der Waals surface area contributed by atoms with Gasteiger partial charge in [0.05, 0.1) is 10.6 Å². The Labute approximate surface area is 173 Å². The Morgan fingerprint density at radius 1 is 1.29 bits per heavy atom. The van der Waals surface area contributed by atoms with Crippen LogP contribution in [0.3, 0.4) is 0 Å². The minimum atomic E-state index is -0.312. The fourth-order valence-electron chi connectivity index (χ4n) is 2.97. The van der Waals surface area contributed by atoms with Crippen molar-refractivity contribution in [1.82, 2.24) is 14.5 Å². The third kappa shape index (κ3) is 4.47. The van der Waals surface area contributed by atoms with Crippen molar-refractivity contribution < 1.29 is 4.79 Å². The summed E-state index contributed by atoms with van der Waals surface area (Å²) in [5, 5.41) is 0.972. The Morgan fingerprint density at radius 3 is 2.64 bits per heavy atom. The first-order valence-corrected chi connectivity index (χ1v) is 11.0. The summed E-state index contributed by atoms with van der Waals surface area (Å²) in [6.45, 7) is 4.47. The normalized spacial score (nSPS) is 12.3. The summed E-state index contributed by atoms with van der Waals surface area (Å²) in [4.78, 5) is 33.8. The Hall–Kier alpha value is -2.12. The maximum atomic E-state index is 13.2. The number of aryl methyl sites for hydroxylation is 2. The molecule has 3 rings (SSSR count). The largest absolute Gasteiger partial charge is 0.348 e. The van der Waals surface area contributed by atoms with Crippen molar-refractivity contribution in [2.45, 2.75) is 43.6 Å². The van der Waals surface area contributed by atoms with Gasteiger partial charge in [-0.2, -0.15) is 0 Å². The lowest BCUT2D eigenvalue weighted by Gasteiger charge is -2.18. The second kappa shape index (κ2) is 8.92. The summed E-state index contributed by atoms with van der Waals surface area (Å²) in [6, 6.07) is 12.1. The maximum absolute atomic E-state index is 13.2. The molecule has 5 nitrogen and oxygen atoms in total. The number of hydrogen-bond donors (Lipinski definition) is 0. The van der Waals surface area contributed by atoms with E-state index in [-0.39, 0.29) is 16.7 Å². The molecule has 0 aliphatic rings. The molecular weight excluding hydrogens is 390 g/mol. The van der Waals surface area contributed by atoms with Crippen LogP contribution in [0.2, 0.25) is 0 Å². The average molecular weight is 416 g/mol. The van der Waals surface area contributed by atoms with Gasteiger partial charge in [0.1, 0.15) is 4.83 Å². The Kier molecular flexibility index (Phi) is 6.57. The van der Waals surface area contributed by atoms with Gasteiger partial charge >= 0.3 is 0 Å². The van der Waals surface area contributed by atoms with Crippen molar-refractivity contribution >= 4 is 39.2 Å². The van der Waals surface area contributed by atoms with E-state index in [2.05, 4.69) is 19.1 Å². The molecule has 7 heteroatoms. The van der Waals surface area contributed by atoms with Crippen molar-refractivity contribution in [3.05, 3.63) is 57.2 Å². The van der Waals surface area contributed by atoms with Crippen molar-refractivity contribution in [2.75, 3.05) is 14.1 Å². The summed E-state index contributed by atoms with van der Waals surface area (Å²) in [7, 11) is 3.48. The van der Waals surface area contributed by atoms with Crippen LogP contribution in [-0.2, 0) is 24.2 Å². The zero-order valence-corrected chi connectivity index (χ0v) is 18.3. The summed E-state index contributed by atoms with van der Waals surface area (Å²) < 4.78 is 1.73. The topological polar surface area (TPSA) is 55.2 Å². The third-order valence-electron chi connectivity index (χ3n) is 4.55. The van der Waals surface area contributed by atoms with Gasteiger partial charge in [0.25, 0.3) is 5.56 Å². The van der Waals surface area contributed by atoms with Gasteiger partial charge in [0.2, 0.25) is 5.91 Å². The number of rotatable bonds is 7. The van der Waals surface area contributed by atoms with Crippen LogP contribution in [-0.4, -0.2) is 39.7 Å². The first kappa shape index (κ1) is 20.6. The minimum absolute atomic E-state index is 0.00869. The molecule has 0 fully saturated rings. The molecule has 28 heavy (non-hydrogen) atoms. The highest BCUT2D eigenvalue weighted by Crippen LogP contribution is 2.27. The number of benzene rings is 1. The fraction of sp³-hybridized carbons (Fsp3) is 0.381. The smallest absolute Gasteiger partial charge is 0.262 e. The van der Waals surface area contributed by atoms with Crippen LogP contribution >= 0.6 is 23.1 Å². The highest BCUT2D eigenvalue weighted by molar-refractivity contribution is 8.00. The Bertz CT molecular complexity index is 1030. The van der Waals surface area contributed by atoms with E-state index in [4.69, 9.17) is 4.98 Å². The van der Waals surface area contributed by atoms with E-state index in [1.165, 1.54) is 17.3 Å². The number of carbonyl (C=O) groups is 1. The zero-order valence-electron chi connectivity index (χ0n) is 16.6. The van der Waals surface area contributed by atoms with Gasteiger partial charge in [-0.15, -0.1) is 11.3 Å². The molecule has 1 atom stereocenters. The molecule has 0 bridgehead atoms. The van der Waals surface area contributed by atoms with Crippen LogP contribution in [0.4, 0.5) is 0 Å². The van der Waals surface area contributed by atoms with E-state index in [9.17, 15) is 9.59 Å². The molecule has 1 unspecified atom stereocenters. The van der Waals surface area contributed by atoms with Gasteiger partial charge < -0.3 is 4.90 Å². The molecule has 1 amide bonds. The maximum Gasteiger partial charge on any atom is 0.262 e. The number of fused-ring (bicyclic) bond motifs is 1. The van der Waals surface area contributed by atoms with Crippen molar-refractivity contribution in [2.24, 2.45) is 0 Å². The fourth-order valence-corrected chi connectivity index (χ4v) is 5.06. The quantitative estimate of drug-likeness (QED) is 0.435. The summed E-state index contributed by atoms with van der Waals surface area (Å²) in [5.41, 5.74) is 1.14. The lowest BCUT2D eigenvalue weighted by molar-refractivity contribution is -0.127. The van der Waals surface area contributed by atoms with Crippen molar-refractivity contribution in [1.29, 1.82) is 0 Å². The van der Waals surface area contributed by atoms with E-state index in [0.29, 0.717) is 17.1 Å². The molecule has 0 radical (unpaired) electrons. The summed E-state index contributed by atoms with van der Waals surface area (Å²) in [5.74, 6) is 0.00869. The molecule has 0 spiro atoms. The van der Waals surface area contributed by atoms with E-state index >= 15 is 0 Å². The number of aromatic nitrogens is 2. The molecule has 2 aromatic heterocycles. The number of carbonyl (C=O) groups excluding carboxylic acids is 1. The second-order valence-electron chi connectivity index (χ2n) is 6.86. The number of thiophene rings is 1. The molecular formula is C21H25N3O2S2. The minimum Gasteiger partial charge on any atom is -0.348 e. The lowest BCUT2D eigenvalue weighted by Crippen LogP contribution is -2.31. The number of amides is 1. The molecule has 3 aromatic rings. The molecule has 0 aliphatic heterocycles. The van der Waals surface area contributed by atoms with Crippen LogP contribution in [0.25, 0.3) is 10.2 Å². The third-order valence-corrected chi connectivity index (χ3v) is 6.80. The predicted molar refractivity (Wildman–Crippen MR) is 117 cm³/mol. The van der Waals surface area contributed by atoms with Gasteiger partial charge in [0.15, 0.2) is 5.16 Å². The molecule has 0 aliphatic carbocycles. The number of thioether (sulfide) groups is 1. The van der Waals surface area contributed by atoms with Gasteiger partial charge in [-0.3, -0.25) is 14.2 Å². The van der Waals surface area contributed by atoms with Crippen LogP contribution in [0.15, 0.2) is 46.3 Å². The summed E-state index contributed by atoms with van der Waals surface area (Å²) >= 11 is 2.91. The van der Waals surface area contributed by atoms with Crippen LogP contribution in [0, 0.1) is 0 Å². The molecule has 0 saturated heterocycles. The first-order valence-electron chi connectivity index (χ1n) is 9.35. The van der Waals surface area contributed by atoms with Gasteiger partial charge in [-0.1, -0.05) is 49.0 Å². The van der Waals surface area contributed by atoms with Crippen molar-refractivity contribution in [3.8, 4) is 0 Å². The monoisotopic (exact) mass is 415 g/mol. The van der Waals surface area contributed by atoms with Crippen LogP contribution in [0.5, 0.6) is 0 Å². The number of nitrogens with zero attached hydrogens (tertiary/aromatic N) is 3. The SMILES string of the molecule is CCc1cc2c(=O)n(CCc3ccccc3)c(SC(C)C(=O)N(C)C)nc2s1. The van der Waals surface area contributed by atoms with Crippen LogP contribution < -0.4 is 5.56 Å². The standard InChI is InChI=1S/C21H25N3O2S2/c1-5-16-13-17-18(28-16)22-21(27-14(2)19(25)23(3)4)24(20(17)26)12-11-15-9-7-6-8-10-15/h6-10,13-14H,5,11-12H2,1-4H3. The molecule has 2 heterocycles. The zero-order chi connectivity index (χ0) is 20.3. The predicted octanol–water partition coefficient (Wildman–Crippen LogP) is 3.83. The van der Waals surface area contributed by atoms with E-state index in [0.717, 1.165) is 22.5 Å². The summed E-state index contributed by atoms with van der Waals surface area (Å²) in [6.07, 6.45) is 1.62. The van der Waals surface area contributed by atoms with Crippen LogP contribution in [0.1, 0.15) is 24.3 Å². The van der Waals surface area contributed by atoms with Gasteiger partial charge in [0, 0.05) is 25.5 Å². The van der Waals surface area contributed by atoms with Gasteiger partial charge in [-0.25, -0.2) is 4.98 Å².